The highest BCUT2D eigenvalue weighted by molar-refractivity contribution is 7.13. The second-order valence-electron chi connectivity index (χ2n) is 4.84. The molecule has 1 heterocycles. The molecule has 0 fully saturated rings. The number of fused-ring (bicyclic) bond motifs is 1. The number of carbonyl (C=O) groups is 1. The first-order valence-corrected chi connectivity index (χ1v) is 7.36. The summed E-state index contributed by atoms with van der Waals surface area (Å²) in [5.41, 5.74) is 1.75. The quantitative estimate of drug-likeness (QED) is 0.808. The minimum atomic E-state index is -0.201. The third-order valence-electron chi connectivity index (χ3n) is 3.18. The molecule has 3 aromatic rings. The molecule has 0 atom stereocenters. The van der Waals surface area contributed by atoms with Crippen LogP contribution in [0.25, 0.3) is 10.1 Å². The van der Waals surface area contributed by atoms with Gasteiger partial charge < -0.3 is 5.32 Å². The minimum Gasteiger partial charge on any atom is -0.325 e. The molecule has 0 aliphatic rings. The van der Waals surface area contributed by atoms with Crippen molar-refractivity contribution in [2.45, 2.75) is 13.5 Å². The van der Waals surface area contributed by atoms with Gasteiger partial charge in [0.05, 0.1) is 10.1 Å². The fourth-order valence-corrected chi connectivity index (χ4v) is 3.08. The van der Waals surface area contributed by atoms with Gasteiger partial charge in [-0.15, -0.1) is 0 Å². The van der Waals surface area contributed by atoms with Gasteiger partial charge in [0.15, 0.2) is 0 Å². The molecule has 2 aromatic carbocycles. The van der Waals surface area contributed by atoms with Gasteiger partial charge in [-0.2, -0.15) is 0 Å². The van der Waals surface area contributed by atoms with Crippen molar-refractivity contribution in [1.82, 2.24) is 3.96 Å². The number of hydrogen-bond donors (Lipinski definition) is 1. The van der Waals surface area contributed by atoms with Gasteiger partial charge in [0, 0.05) is 5.69 Å². The zero-order valence-electron chi connectivity index (χ0n) is 11.5. The largest absolute Gasteiger partial charge is 0.325 e. The van der Waals surface area contributed by atoms with Gasteiger partial charge in [-0.25, -0.2) is 0 Å². The van der Waals surface area contributed by atoms with Crippen LogP contribution >= 0.6 is 11.5 Å². The molecule has 0 aliphatic heterocycles. The maximum Gasteiger partial charge on any atom is 0.268 e. The highest BCUT2D eigenvalue weighted by Crippen LogP contribution is 2.16. The molecule has 106 valence electrons. The van der Waals surface area contributed by atoms with Crippen LogP contribution in [0.15, 0.2) is 53.3 Å². The predicted molar refractivity (Wildman–Crippen MR) is 85.9 cm³/mol. The van der Waals surface area contributed by atoms with Crippen LogP contribution in [0, 0.1) is 6.92 Å². The van der Waals surface area contributed by atoms with Crippen molar-refractivity contribution in [3.05, 3.63) is 64.4 Å². The van der Waals surface area contributed by atoms with Gasteiger partial charge in [-0.3, -0.25) is 13.5 Å². The summed E-state index contributed by atoms with van der Waals surface area (Å²) in [6, 6.07) is 14.9. The number of nitrogens with zero attached hydrogens (tertiary/aromatic N) is 1. The van der Waals surface area contributed by atoms with Crippen molar-refractivity contribution in [1.29, 1.82) is 0 Å². The van der Waals surface area contributed by atoms with E-state index in [1.165, 1.54) is 15.5 Å². The van der Waals surface area contributed by atoms with E-state index in [1.54, 1.807) is 6.07 Å². The summed E-state index contributed by atoms with van der Waals surface area (Å²) in [6.45, 7) is 2.02. The van der Waals surface area contributed by atoms with E-state index in [2.05, 4.69) is 5.32 Å². The fourth-order valence-electron chi connectivity index (χ4n) is 2.09. The number of aromatic nitrogens is 1. The van der Waals surface area contributed by atoms with Crippen LogP contribution in [-0.4, -0.2) is 9.86 Å². The summed E-state index contributed by atoms with van der Waals surface area (Å²) in [4.78, 5) is 24.2. The van der Waals surface area contributed by atoms with Crippen LogP contribution in [0.5, 0.6) is 0 Å². The van der Waals surface area contributed by atoms with E-state index in [0.717, 1.165) is 16.0 Å². The maximum atomic E-state index is 12.2. The molecule has 0 radical (unpaired) electrons. The molecule has 0 saturated heterocycles. The number of hydrogen-bond acceptors (Lipinski definition) is 3. The van der Waals surface area contributed by atoms with Gasteiger partial charge >= 0.3 is 0 Å². The SMILES string of the molecule is Cc1ccc(NC(=O)Cn2sc3ccccc3c2=O)cc1. The van der Waals surface area contributed by atoms with E-state index in [4.69, 9.17) is 0 Å². The van der Waals surface area contributed by atoms with Crippen LogP contribution < -0.4 is 10.9 Å². The number of anilines is 1. The first-order valence-electron chi connectivity index (χ1n) is 6.59. The Hall–Kier alpha value is -2.40. The van der Waals surface area contributed by atoms with Crippen LogP contribution in [-0.2, 0) is 11.3 Å². The summed E-state index contributed by atoms with van der Waals surface area (Å²) >= 11 is 1.31. The van der Waals surface area contributed by atoms with Crippen LogP contribution in [0.1, 0.15) is 5.56 Å². The van der Waals surface area contributed by atoms with E-state index in [9.17, 15) is 9.59 Å². The van der Waals surface area contributed by atoms with Crippen LogP contribution in [0.3, 0.4) is 0 Å². The number of amides is 1. The normalized spacial score (nSPS) is 10.7. The molecular weight excluding hydrogens is 284 g/mol. The third kappa shape index (κ3) is 2.87. The summed E-state index contributed by atoms with van der Waals surface area (Å²) in [7, 11) is 0. The molecule has 1 N–H and O–H groups in total. The highest BCUT2D eigenvalue weighted by Gasteiger charge is 2.10. The highest BCUT2D eigenvalue weighted by atomic mass is 32.1. The number of aryl methyl sites for hydroxylation is 1. The molecule has 1 amide bonds. The van der Waals surface area contributed by atoms with Gasteiger partial charge in [0.25, 0.3) is 5.56 Å². The Balaban J connectivity index is 1.78. The summed E-state index contributed by atoms with van der Waals surface area (Å²) in [6.07, 6.45) is 0. The van der Waals surface area contributed by atoms with Gasteiger partial charge in [0.2, 0.25) is 5.91 Å². The predicted octanol–water partition coefficient (Wildman–Crippen LogP) is 3.01. The van der Waals surface area contributed by atoms with E-state index in [1.807, 2.05) is 49.4 Å². The first kappa shape index (κ1) is 13.6. The van der Waals surface area contributed by atoms with Crippen molar-refractivity contribution in [3.8, 4) is 0 Å². The van der Waals surface area contributed by atoms with Gasteiger partial charge in [-0.05, 0) is 31.2 Å². The lowest BCUT2D eigenvalue weighted by molar-refractivity contribution is -0.116. The second kappa shape index (κ2) is 5.54. The Morgan fingerprint density at radius 1 is 1.14 bits per heavy atom. The summed E-state index contributed by atoms with van der Waals surface area (Å²) < 4.78 is 2.37. The molecule has 0 unspecified atom stereocenters. The van der Waals surface area contributed by atoms with Crippen molar-refractivity contribution in [2.24, 2.45) is 0 Å². The Labute approximate surface area is 125 Å². The van der Waals surface area contributed by atoms with Crippen molar-refractivity contribution >= 4 is 33.2 Å². The zero-order valence-corrected chi connectivity index (χ0v) is 12.3. The molecule has 1 aromatic heterocycles. The summed E-state index contributed by atoms with van der Waals surface area (Å²) in [5, 5.41) is 3.46. The molecule has 0 saturated carbocycles. The van der Waals surface area contributed by atoms with Crippen LogP contribution in [0.4, 0.5) is 5.69 Å². The molecule has 0 spiro atoms. The maximum absolute atomic E-state index is 12.2. The summed E-state index contributed by atoms with van der Waals surface area (Å²) in [5.74, 6) is -0.201. The lowest BCUT2D eigenvalue weighted by Gasteiger charge is -2.05. The average Bonchev–Trinajstić information content (AvgIpc) is 2.78. The minimum absolute atomic E-state index is 0.0338. The number of carbonyl (C=O) groups excluding carboxylic acids is 1. The van der Waals surface area contributed by atoms with Crippen molar-refractivity contribution < 1.29 is 4.79 Å². The van der Waals surface area contributed by atoms with E-state index in [0.29, 0.717) is 5.39 Å². The molecule has 3 rings (SSSR count). The Morgan fingerprint density at radius 3 is 2.57 bits per heavy atom. The van der Waals surface area contributed by atoms with Gasteiger partial charge in [0.1, 0.15) is 6.54 Å². The molecule has 21 heavy (non-hydrogen) atoms. The zero-order chi connectivity index (χ0) is 14.8. The smallest absolute Gasteiger partial charge is 0.268 e. The standard InChI is InChI=1S/C16H14N2O2S/c1-11-6-8-12(9-7-11)17-15(19)10-18-16(20)13-4-2-3-5-14(13)21-18/h2-9H,10H2,1H3,(H,17,19). The number of rotatable bonds is 3. The Morgan fingerprint density at radius 2 is 1.86 bits per heavy atom. The monoisotopic (exact) mass is 298 g/mol. The topological polar surface area (TPSA) is 51.1 Å². The number of benzene rings is 2. The fraction of sp³-hybridized carbons (Fsp3) is 0.125. The van der Waals surface area contributed by atoms with E-state index < -0.39 is 0 Å². The van der Waals surface area contributed by atoms with E-state index in [-0.39, 0.29) is 18.0 Å². The molecule has 0 aliphatic carbocycles. The van der Waals surface area contributed by atoms with E-state index >= 15 is 0 Å². The second-order valence-corrected chi connectivity index (χ2v) is 5.91. The Bertz CT molecular complexity index is 847. The lowest BCUT2D eigenvalue weighted by atomic mass is 10.2. The Kier molecular flexibility index (Phi) is 3.58. The molecule has 5 heteroatoms. The van der Waals surface area contributed by atoms with Crippen molar-refractivity contribution in [3.63, 3.8) is 0 Å². The molecule has 4 nitrogen and oxygen atoms in total. The molecule has 0 bridgehead atoms. The molecular formula is C16H14N2O2S. The average molecular weight is 298 g/mol. The first-order chi connectivity index (χ1) is 10.1. The van der Waals surface area contributed by atoms with Crippen LogP contribution in [0.2, 0.25) is 0 Å². The van der Waals surface area contributed by atoms with Gasteiger partial charge in [-0.1, -0.05) is 41.4 Å². The third-order valence-corrected chi connectivity index (χ3v) is 4.24. The van der Waals surface area contributed by atoms with Crippen molar-refractivity contribution in [2.75, 3.05) is 5.32 Å². The lowest BCUT2D eigenvalue weighted by Crippen LogP contribution is -2.23. The number of nitrogens with one attached hydrogen (secondary N) is 1.